The third-order valence-electron chi connectivity index (χ3n) is 8.11. The minimum Gasteiger partial charge on any atom is -0.459 e. The van der Waals surface area contributed by atoms with Crippen LogP contribution in [0.1, 0.15) is 50.0 Å². The first-order valence-electron chi connectivity index (χ1n) is 13.9. The van der Waals surface area contributed by atoms with Gasteiger partial charge in [-0.3, -0.25) is 19.8 Å². The summed E-state index contributed by atoms with van der Waals surface area (Å²) in [5, 5.41) is 14.7. The molecule has 0 radical (unpaired) electrons. The lowest BCUT2D eigenvalue weighted by Gasteiger charge is -2.37. The van der Waals surface area contributed by atoms with Crippen LogP contribution in [-0.2, 0) is 15.7 Å². The second-order valence-electron chi connectivity index (χ2n) is 10.8. The lowest BCUT2D eigenvalue weighted by molar-refractivity contribution is -0.388. The molecule has 0 spiro atoms. The largest absolute Gasteiger partial charge is 0.459 e. The van der Waals surface area contributed by atoms with Crippen molar-refractivity contribution in [2.45, 2.75) is 57.0 Å². The van der Waals surface area contributed by atoms with E-state index in [1.807, 2.05) is 13.0 Å². The summed E-state index contributed by atoms with van der Waals surface area (Å²) in [5.74, 6) is 0.345. The van der Waals surface area contributed by atoms with Gasteiger partial charge in [-0.2, -0.15) is 13.2 Å². The van der Waals surface area contributed by atoms with Gasteiger partial charge in [-0.05, 0) is 69.0 Å². The van der Waals surface area contributed by atoms with Crippen molar-refractivity contribution in [3.05, 3.63) is 69.7 Å². The number of amides is 1. The van der Waals surface area contributed by atoms with Gasteiger partial charge in [-0.25, -0.2) is 4.39 Å². The lowest BCUT2D eigenvalue weighted by Crippen LogP contribution is -2.50. The van der Waals surface area contributed by atoms with Crippen molar-refractivity contribution in [2.75, 3.05) is 38.1 Å². The van der Waals surface area contributed by atoms with Gasteiger partial charge in [-0.15, -0.1) is 0 Å². The Labute approximate surface area is 239 Å². The SMILES string of the molecule is C[C@@H](c1cc2cc(F)ccc2o1)N1CCN(C(=O)COC2CCC(Nc3ccc([N+](=O)[O-])c(C(F)(F)F)c3)CC2)CC1. The van der Waals surface area contributed by atoms with Crippen LogP contribution in [-0.4, -0.2) is 65.6 Å². The van der Waals surface area contributed by atoms with Crippen LogP contribution in [0.5, 0.6) is 0 Å². The number of carbonyl (C=O) groups is 1. The molecule has 1 atom stereocenters. The fourth-order valence-electron chi connectivity index (χ4n) is 5.68. The first-order valence-corrected chi connectivity index (χ1v) is 13.9. The topological polar surface area (TPSA) is 101 Å². The number of ether oxygens (including phenoxy) is 1. The predicted octanol–water partition coefficient (Wildman–Crippen LogP) is 6.14. The monoisotopic (exact) mass is 592 g/mol. The van der Waals surface area contributed by atoms with Gasteiger partial charge < -0.3 is 19.4 Å². The van der Waals surface area contributed by atoms with E-state index in [0.717, 1.165) is 23.3 Å². The highest BCUT2D eigenvalue weighted by Gasteiger charge is 2.38. The number of furan rings is 1. The van der Waals surface area contributed by atoms with E-state index < -0.39 is 22.4 Å². The Morgan fingerprint density at radius 3 is 2.48 bits per heavy atom. The van der Waals surface area contributed by atoms with E-state index in [1.54, 1.807) is 11.0 Å². The summed E-state index contributed by atoms with van der Waals surface area (Å²) in [6.07, 6.45) is -2.44. The molecule has 1 amide bonds. The van der Waals surface area contributed by atoms with Gasteiger partial charge in [0.2, 0.25) is 5.91 Å². The van der Waals surface area contributed by atoms with Crippen molar-refractivity contribution in [1.82, 2.24) is 9.80 Å². The van der Waals surface area contributed by atoms with Crippen molar-refractivity contribution >= 4 is 28.3 Å². The average molecular weight is 593 g/mol. The van der Waals surface area contributed by atoms with Crippen molar-refractivity contribution in [3.8, 4) is 0 Å². The van der Waals surface area contributed by atoms with Crippen LogP contribution in [0.15, 0.2) is 46.9 Å². The van der Waals surface area contributed by atoms with E-state index in [4.69, 9.17) is 9.15 Å². The Balaban J connectivity index is 1.04. The van der Waals surface area contributed by atoms with E-state index in [-0.39, 0.29) is 42.2 Å². The van der Waals surface area contributed by atoms with Gasteiger partial charge in [0.1, 0.15) is 29.3 Å². The number of piperazine rings is 1. The Morgan fingerprint density at radius 2 is 1.81 bits per heavy atom. The van der Waals surface area contributed by atoms with Gasteiger partial charge >= 0.3 is 6.18 Å². The molecule has 0 unspecified atom stereocenters. The number of nitro benzene ring substituents is 1. The zero-order valence-electron chi connectivity index (χ0n) is 23.0. The number of nitrogens with zero attached hydrogens (tertiary/aromatic N) is 3. The number of benzene rings is 2. The number of fused-ring (bicyclic) bond motifs is 1. The summed E-state index contributed by atoms with van der Waals surface area (Å²) >= 11 is 0. The number of anilines is 1. The summed E-state index contributed by atoms with van der Waals surface area (Å²) in [6, 6.07) is 9.08. The molecular weight excluding hydrogens is 560 g/mol. The minimum atomic E-state index is -4.83. The molecule has 2 fully saturated rings. The Bertz CT molecular complexity index is 1430. The molecule has 2 aromatic carbocycles. The molecule has 2 aliphatic rings. The number of alkyl halides is 3. The third-order valence-corrected chi connectivity index (χ3v) is 8.11. The molecule has 1 aromatic heterocycles. The summed E-state index contributed by atoms with van der Waals surface area (Å²) in [4.78, 5) is 26.7. The van der Waals surface area contributed by atoms with Crippen LogP contribution >= 0.6 is 0 Å². The number of carbonyl (C=O) groups excluding carboxylic acids is 1. The molecule has 42 heavy (non-hydrogen) atoms. The van der Waals surface area contributed by atoms with Crippen molar-refractivity contribution < 1.29 is 36.4 Å². The number of hydrogen-bond donors (Lipinski definition) is 1. The molecule has 9 nitrogen and oxygen atoms in total. The van der Waals surface area contributed by atoms with Crippen LogP contribution in [0.25, 0.3) is 11.0 Å². The standard InChI is InChI=1S/C29H32F4N4O5/c1-18(27-15-19-14-20(30)2-9-26(19)42-27)35-10-12-36(13-11-35)28(38)17-41-23-6-3-21(4-7-23)34-22-5-8-25(37(39)40)24(16-22)29(31,32)33/h2,5,8-9,14-16,18,21,23,34H,3-4,6-7,10-13,17H2,1H3/t18-,21?,23?/m0/s1. The maximum atomic E-state index is 13.5. The number of hydrogen-bond acceptors (Lipinski definition) is 7. The zero-order valence-corrected chi connectivity index (χ0v) is 23.0. The lowest BCUT2D eigenvalue weighted by atomic mass is 9.92. The van der Waals surface area contributed by atoms with E-state index in [1.165, 1.54) is 18.2 Å². The normalized spacial score (nSPS) is 20.9. The molecule has 2 heterocycles. The Kier molecular flexibility index (Phi) is 8.69. The van der Waals surface area contributed by atoms with Crippen LogP contribution in [0.3, 0.4) is 0 Å². The second-order valence-corrected chi connectivity index (χ2v) is 10.8. The van der Waals surface area contributed by atoms with Gasteiger partial charge in [0.25, 0.3) is 5.69 Å². The van der Waals surface area contributed by atoms with Crippen molar-refractivity contribution in [2.24, 2.45) is 0 Å². The van der Waals surface area contributed by atoms with E-state index in [9.17, 15) is 32.5 Å². The summed E-state index contributed by atoms with van der Waals surface area (Å²) in [7, 11) is 0. The number of halogens is 4. The van der Waals surface area contributed by atoms with E-state index >= 15 is 0 Å². The molecule has 3 aromatic rings. The summed E-state index contributed by atoms with van der Waals surface area (Å²) in [5.41, 5.74) is -1.45. The van der Waals surface area contributed by atoms with Crippen LogP contribution in [0.2, 0.25) is 0 Å². The molecule has 0 bridgehead atoms. The van der Waals surface area contributed by atoms with Crippen LogP contribution in [0.4, 0.5) is 28.9 Å². The molecule has 5 rings (SSSR count). The highest BCUT2D eigenvalue weighted by atomic mass is 19.4. The average Bonchev–Trinajstić information content (AvgIpc) is 3.39. The Hall–Kier alpha value is -3.71. The molecule has 1 saturated carbocycles. The van der Waals surface area contributed by atoms with E-state index in [0.29, 0.717) is 57.4 Å². The number of nitro groups is 1. The van der Waals surface area contributed by atoms with Gasteiger partial charge in [-0.1, -0.05) is 0 Å². The second kappa shape index (κ2) is 12.3. The molecule has 13 heteroatoms. The smallest absolute Gasteiger partial charge is 0.423 e. The van der Waals surface area contributed by atoms with Crippen molar-refractivity contribution in [1.29, 1.82) is 0 Å². The molecule has 1 aliphatic heterocycles. The van der Waals surface area contributed by atoms with Gasteiger partial charge in [0, 0.05) is 49.4 Å². The van der Waals surface area contributed by atoms with Gasteiger partial charge in [0.15, 0.2) is 0 Å². The molecular formula is C29H32F4N4O5. The molecule has 1 saturated heterocycles. The third kappa shape index (κ3) is 6.84. The first kappa shape index (κ1) is 29.8. The van der Waals surface area contributed by atoms with Gasteiger partial charge in [0.05, 0.1) is 17.1 Å². The number of nitrogens with one attached hydrogen (secondary N) is 1. The molecule has 1 N–H and O–H groups in total. The fraction of sp³-hybridized carbons (Fsp3) is 0.483. The van der Waals surface area contributed by atoms with E-state index in [2.05, 4.69) is 10.2 Å². The van der Waals surface area contributed by atoms with Crippen LogP contribution in [0, 0.1) is 15.9 Å². The summed E-state index contributed by atoms with van der Waals surface area (Å²) in [6.45, 7) is 4.41. The predicted molar refractivity (Wildman–Crippen MR) is 146 cm³/mol. The molecule has 1 aliphatic carbocycles. The van der Waals surface area contributed by atoms with Crippen molar-refractivity contribution in [3.63, 3.8) is 0 Å². The van der Waals surface area contributed by atoms with Crippen LogP contribution < -0.4 is 5.32 Å². The molecule has 226 valence electrons. The maximum Gasteiger partial charge on any atom is 0.423 e. The quantitative estimate of drug-likeness (QED) is 0.190. The highest BCUT2D eigenvalue weighted by molar-refractivity contribution is 5.78. The Morgan fingerprint density at radius 1 is 1.10 bits per heavy atom. The summed E-state index contributed by atoms with van der Waals surface area (Å²) < 4.78 is 65.2. The number of rotatable bonds is 8. The maximum absolute atomic E-state index is 13.5. The highest BCUT2D eigenvalue weighted by Crippen LogP contribution is 2.38. The fourth-order valence-corrected chi connectivity index (χ4v) is 5.68. The zero-order chi connectivity index (χ0) is 30.0. The first-order chi connectivity index (χ1) is 20.0. The minimum absolute atomic E-state index is 0.0242.